The van der Waals surface area contributed by atoms with Crippen molar-refractivity contribution in [1.29, 1.82) is 0 Å². The van der Waals surface area contributed by atoms with E-state index in [1.807, 2.05) is 18.2 Å². The van der Waals surface area contributed by atoms with Gasteiger partial charge in [-0.15, -0.1) is 0 Å². The molecule has 0 atom stereocenters. The molecule has 64 valence electrons. The predicted octanol–water partition coefficient (Wildman–Crippen LogP) is 3.21. The highest BCUT2D eigenvalue weighted by Gasteiger charge is 1.99. The summed E-state index contributed by atoms with van der Waals surface area (Å²) >= 11 is 3.44. The van der Waals surface area contributed by atoms with E-state index in [1.165, 1.54) is 5.56 Å². The van der Waals surface area contributed by atoms with E-state index >= 15 is 0 Å². The van der Waals surface area contributed by atoms with Crippen LogP contribution in [0.4, 0.5) is 0 Å². The average Bonchev–Trinajstić information content (AvgIpc) is 2.09. The molecular weight excluding hydrogens is 216 g/mol. The van der Waals surface area contributed by atoms with Gasteiger partial charge in [-0.25, -0.2) is 0 Å². The summed E-state index contributed by atoms with van der Waals surface area (Å²) in [4.78, 5) is 10.5. The Kier molecular flexibility index (Phi) is 3.48. The molecule has 0 heterocycles. The van der Waals surface area contributed by atoms with Crippen LogP contribution in [0.25, 0.3) is 0 Å². The monoisotopic (exact) mass is 226 g/mol. The van der Waals surface area contributed by atoms with E-state index in [-0.39, 0.29) is 0 Å². The van der Waals surface area contributed by atoms with Crippen LogP contribution in [0.1, 0.15) is 29.3 Å². The highest BCUT2D eigenvalue weighted by atomic mass is 79.9. The maximum absolute atomic E-state index is 10.5. The highest BCUT2D eigenvalue weighted by molar-refractivity contribution is 9.10. The molecule has 0 saturated carbocycles. The van der Waals surface area contributed by atoms with Gasteiger partial charge in [-0.05, 0) is 24.1 Å². The minimum atomic E-state index is 0.752. The molecule has 0 saturated heterocycles. The van der Waals surface area contributed by atoms with E-state index in [1.54, 1.807) is 0 Å². The van der Waals surface area contributed by atoms with Gasteiger partial charge >= 0.3 is 0 Å². The lowest BCUT2D eigenvalue weighted by Gasteiger charge is -2.02. The molecule has 1 rings (SSSR count). The van der Waals surface area contributed by atoms with Crippen molar-refractivity contribution in [2.75, 3.05) is 0 Å². The first-order chi connectivity index (χ1) is 5.77. The van der Waals surface area contributed by atoms with E-state index in [9.17, 15) is 4.79 Å². The van der Waals surface area contributed by atoms with E-state index in [4.69, 9.17) is 0 Å². The van der Waals surface area contributed by atoms with Gasteiger partial charge in [0.05, 0.1) is 0 Å². The van der Waals surface area contributed by atoms with Crippen LogP contribution in [-0.2, 0) is 6.42 Å². The maximum atomic E-state index is 10.5. The number of aldehydes is 1. The number of hydrogen-bond donors (Lipinski definition) is 0. The van der Waals surface area contributed by atoms with E-state index in [0.717, 1.165) is 29.2 Å². The third-order valence-corrected chi connectivity index (χ3v) is 2.50. The summed E-state index contributed by atoms with van der Waals surface area (Å²) in [6, 6.07) is 5.67. The molecule has 0 unspecified atom stereocenters. The Bertz CT molecular complexity index is 281. The van der Waals surface area contributed by atoms with Crippen LogP contribution in [0.3, 0.4) is 0 Å². The predicted molar refractivity (Wildman–Crippen MR) is 53.5 cm³/mol. The molecule has 0 aliphatic rings. The van der Waals surface area contributed by atoms with Crippen LogP contribution in [0.5, 0.6) is 0 Å². The molecule has 0 aliphatic carbocycles. The Hall–Kier alpha value is -0.630. The van der Waals surface area contributed by atoms with Gasteiger partial charge < -0.3 is 0 Å². The number of carbonyl (C=O) groups is 1. The van der Waals surface area contributed by atoms with Crippen LogP contribution in [0, 0.1) is 0 Å². The fourth-order valence-electron chi connectivity index (χ4n) is 1.13. The standard InChI is InChI=1S/C10H11BrO/c1-2-3-9-6-8(7-12)4-5-10(9)11/h4-7H,2-3H2,1H3. The maximum Gasteiger partial charge on any atom is 0.150 e. The van der Waals surface area contributed by atoms with Gasteiger partial charge in [0.2, 0.25) is 0 Å². The molecule has 2 heteroatoms. The number of rotatable bonds is 3. The van der Waals surface area contributed by atoms with Crippen molar-refractivity contribution < 1.29 is 4.79 Å². The fraction of sp³-hybridized carbons (Fsp3) is 0.300. The molecule has 0 amide bonds. The van der Waals surface area contributed by atoms with E-state index < -0.39 is 0 Å². The van der Waals surface area contributed by atoms with Crippen LogP contribution in [0.2, 0.25) is 0 Å². The lowest BCUT2D eigenvalue weighted by molar-refractivity contribution is 0.112. The van der Waals surface area contributed by atoms with Crippen LogP contribution in [0.15, 0.2) is 22.7 Å². The first-order valence-corrected chi connectivity index (χ1v) is 4.81. The minimum Gasteiger partial charge on any atom is -0.298 e. The molecule has 12 heavy (non-hydrogen) atoms. The van der Waals surface area contributed by atoms with Gasteiger partial charge in [0.15, 0.2) is 0 Å². The first-order valence-electron chi connectivity index (χ1n) is 4.01. The Morgan fingerprint density at radius 2 is 2.25 bits per heavy atom. The summed E-state index contributed by atoms with van der Waals surface area (Å²) in [5, 5.41) is 0. The summed E-state index contributed by atoms with van der Waals surface area (Å²) in [5.74, 6) is 0. The molecule has 0 aromatic heterocycles. The van der Waals surface area contributed by atoms with Crippen LogP contribution >= 0.6 is 15.9 Å². The van der Waals surface area contributed by atoms with Gasteiger partial charge in [0, 0.05) is 10.0 Å². The normalized spacial score (nSPS) is 9.83. The average molecular weight is 227 g/mol. The van der Waals surface area contributed by atoms with Gasteiger partial charge in [-0.2, -0.15) is 0 Å². The smallest absolute Gasteiger partial charge is 0.150 e. The quantitative estimate of drug-likeness (QED) is 0.724. The van der Waals surface area contributed by atoms with E-state index in [0.29, 0.717) is 0 Å². The van der Waals surface area contributed by atoms with Gasteiger partial charge in [0.25, 0.3) is 0 Å². The van der Waals surface area contributed by atoms with Crippen LogP contribution in [-0.4, -0.2) is 6.29 Å². The first kappa shape index (κ1) is 9.46. The Labute approximate surface area is 80.9 Å². The number of aryl methyl sites for hydroxylation is 1. The molecule has 1 nitrogen and oxygen atoms in total. The molecule has 0 radical (unpaired) electrons. The third kappa shape index (κ3) is 2.18. The number of halogens is 1. The van der Waals surface area contributed by atoms with Gasteiger partial charge in [-0.1, -0.05) is 35.3 Å². The molecule has 0 aliphatic heterocycles. The highest BCUT2D eigenvalue weighted by Crippen LogP contribution is 2.18. The molecule has 0 fully saturated rings. The van der Waals surface area contributed by atoms with Crippen molar-refractivity contribution in [2.24, 2.45) is 0 Å². The number of hydrogen-bond acceptors (Lipinski definition) is 1. The lowest BCUT2D eigenvalue weighted by Crippen LogP contribution is -1.88. The molecule has 0 spiro atoms. The second-order valence-corrected chi connectivity index (χ2v) is 3.57. The largest absolute Gasteiger partial charge is 0.298 e. The van der Waals surface area contributed by atoms with Crippen molar-refractivity contribution in [2.45, 2.75) is 19.8 Å². The molecule has 0 bridgehead atoms. The topological polar surface area (TPSA) is 17.1 Å². The molecule has 1 aromatic rings. The Morgan fingerprint density at radius 3 is 2.83 bits per heavy atom. The van der Waals surface area contributed by atoms with Crippen molar-refractivity contribution in [3.63, 3.8) is 0 Å². The van der Waals surface area contributed by atoms with Crippen molar-refractivity contribution in [1.82, 2.24) is 0 Å². The zero-order valence-corrected chi connectivity index (χ0v) is 8.60. The van der Waals surface area contributed by atoms with Crippen molar-refractivity contribution in [3.05, 3.63) is 33.8 Å². The summed E-state index contributed by atoms with van der Waals surface area (Å²) in [6.45, 7) is 2.13. The summed E-state index contributed by atoms with van der Waals surface area (Å²) < 4.78 is 1.09. The summed E-state index contributed by atoms with van der Waals surface area (Å²) in [6.07, 6.45) is 2.99. The lowest BCUT2D eigenvalue weighted by atomic mass is 10.1. The van der Waals surface area contributed by atoms with Gasteiger partial charge in [-0.3, -0.25) is 4.79 Å². The fourth-order valence-corrected chi connectivity index (χ4v) is 1.57. The van der Waals surface area contributed by atoms with Crippen LogP contribution < -0.4 is 0 Å². The summed E-state index contributed by atoms with van der Waals surface area (Å²) in [7, 11) is 0. The summed E-state index contributed by atoms with van der Waals surface area (Å²) in [5.41, 5.74) is 1.96. The van der Waals surface area contributed by atoms with E-state index in [2.05, 4.69) is 22.9 Å². The SMILES string of the molecule is CCCc1cc(C=O)ccc1Br. The molecular formula is C10H11BrO. The Morgan fingerprint density at radius 1 is 1.50 bits per heavy atom. The Balaban J connectivity index is 2.99. The second-order valence-electron chi connectivity index (χ2n) is 2.72. The zero-order valence-electron chi connectivity index (χ0n) is 7.01. The zero-order chi connectivity index (χ0) is 8.97. The van der Waals surface area contributed by atoms with Crippen molar-refractivity contribution >= 4 is 22.2 Å². The number of carbonyl (C=O) groups excluding carboxylic acids is 1. The van der Waals surface area contributed by atoms with Crippen molar-refractivity contribution in [3.8, 4) is 0 Å². The molecule has 0 N–H and O–H groups in total. The third-order valence-electron chi connectivity index (χ3n) is 1.73. The minimum absolute atomic E-state index is 0.752. The second kappa shape index (κ2) is 4.41. The molecule has 1 aromatic carbocycles. The van der Waals surface area contributed by atoms with Gasteiger partial charge in [0.1, 0.15) is 6.29 Å². The number of benzene rings is 1.